The van der Waals surface area contributed by atoms with E-state index in [1.54, 1.807) is 7.11 Å². The summed E-state index contributed by atoms with van der Waals surface area (Å²) >= 11 is 1.87. The molecule has 0 aromatic heterocycles. The van der Waals surface area contributed by atoms with Crippen LogP contribution in [0.4, 0.5) is 0 Å². The second-order valence-electron chi connectivity index (χ2n) is 4.47. The second-order valence-corrected chi connectivity index (χ2v) is 5.46. The van der Waals surface area contributed by atoms with Gasteiger partial charge in [-0.1, -0.05) is 48.2 Å². The average molecular weight is 298 g/mol. The van der Waals surface area contributed by atoms with Crippen LogP contribution in [-0.2, 0) is 11.5 Å². The molecule has 108 valence electrons. The summed E-state index contributed by atoms with van der Waals surface area (Å²) in [5, 5.41) is 8.81. The smallest absolute Gasteiger partial charge is 0.134 e. The van der Waals surface area contributed by atoms with Crippen molar-refractivity contribution >= 4 is 11.8 Å². The highest BCUT2D eigenvalue weighted by molar-refractivity contribution is 7.97. The van der Waals surface area contributed by atoms with Gasteiger partial charge in [-0.3, -0.25) is 0 Å². The molecule has 2 nitrogen and oxygen atoms in total. The molecule has 0 radical (unpaired) electrons. The molecule has 0 saturated heterocycles. The van der Waals surface area contributed by atoms with E-state index >= 15 is 0 Å². The lowest BCUT2D eigenvalue weighted by Gasteiger charge is -2.07. The topological polar surface area (TPSA) is 29.5 Å². The minimum Gasteiger partial charge on any atom is -0.495 e. The maximum atomic E-state index is 8.81. The van der Waals surface area contributed by atoms with Gasteiger partial charge in [-0.2, -0.15) is 11.8 Å². The molecule has 0 unspecified atom stereocenters. The molecular weight excluding hydrogens is 280 g/mol. The van der Waals surface area contributed by atoms with Crippen molar-refractivity contribution in [3.63, 3.8) is 0 Å². The molecule has 0 aliphatic rings. The molecule has 0 atom stereocenters. The normalized spacial score (nSPS) is 9.81. The fourth-order valence-corrected chi connectivity index (χ4v) is 2.88. The maximum absolute atomic E-state index is 8.81. The molecule has 2 aromatic rings. The molecule has 0 saturated carbocycles. The van der Waals surface area contributed by atoms with Gasteiger partial charge in [0, 0.05) is 11.5 Å². The van der Waals surface area contributed by atoms with Crippen LogP contribution in [-0.4, -0.2) is 18.8 Å². The molecule has 0 aliphatic carbocycles. The van der Waals surface area contributed by atoms with Gasteiger partial charge in [-0.15, -0.1) is 0 Å². The average Bonchev–Trinajstić information content (AvgIpc) is 2.54. The van der Waals surface area contributed by atoms with Gasteiger partial charge in [-0.25, -0.2) is 0 Å². The van der Waals surface area contributed by atoms with Crippen molar-refractivity contribution in [1.29, 1.82) is 0 Å². The number of methoxy groups -OCH3 is 1. The van der Waals surface area contributed by atoms with E-state index in [1.165, 1.54) is 11.1 Å². The van der Waals surface area contributed by atoms with E-state index in [1.807, 2.05) is 30.0 Å². The van der Waals surface area contributed by atoms with Crippen LogP contribution in [0, 0.1) is 11.8 Å². The first kappa shape index (κ1) is 15.5. The van der Waals surface area contributed by atoms with E-state index in [0.29, 0.717) is 0 Å². The highest BCUT2D eigenvalue weighted by Gasteiger charge is 2.02. The molecule has 0 aliphatic heterocycles. The van der Waals surface area contributed by atoms with E-state index < -0.39 is 0 Å². The zero-order valence-electron chi connectivity index (χ0n) is 12.0. The predicted molar refractivity (Wildman–Crippen MR) is 88.4 cm³/mol. The molecule has 0 amide bonds. The van der Waals surface area contributed by atoms with Crippen LogP contribution in [0.3, 0.4) is 0 Å². The van der Waals surface area contributed by atoms with Gasteiger partial charge in [-0.05, 0) is 23.3 Å². The minimum absolute atomic E-state index is 0.143. The molecule has 3 heteroatoms. The summed E-state index contributed by atoms with van der Waals surface area (Å²) in [7, 11) is 1.63. The standard InChI is InChI=1S/C18H18O2S/c1-20-18-10-9-16(12-17(18)8-5-11-19)14-21-13-15-6-3-2-4-7-15/h2-4,6-7,9-10,12,19H,11,13-14H2,1H3. The van der Waals surface area contributed by atoms with Crippen molar-refractivity contribution in [2.75, 3.05) is 13.7 Å². The Morgan fingerprint density at radius 1 is 1.05 bits per heavy atom. The third-order valence-electron chi connectivity index (χ3n) is 2.95. The number of hydrogen-bond acceptors (Lipinski definition) is 3. The van der Waals surface area contributed by atoms with Gasteiger partial charge >= 0.3 is 0 Å². The minimum atomic E-state index is -0.143. The summed E-state index contributed by atoms with van der Waals surface area (Å²) in [5.74, 6) is 8.25. The number of rotatable bonds is 5. The fraction of sp³-hybridized carbons (Fsp3) is 0.222. The molecule has 2 aromatic carbocycles. The first-order valence-corrected chi connectivity index (χ1v) is 7.87. The summed E-state index contributed by atoms with van der Waals surface area (Å²) in [4.78, 5) is 0. The Kier molecular flexibility index (Phi) is 6.21. The summed E-state index contributed by atoms with van der Waals surface area (Å²) in [6.07, 6.45) is 0. The number of hydrogen-bond donors (Lipinski definition) is 1. The SMILES string of the molecule is COc1ccc(CSCc2ccccc2)cc1C#CCO. The number of aliphatic hydroxyl groups is 1. The van der Waals surface area contributed by atoms with Gasteiger partial charge in [0.25, 0.3) is 0 Å². The summed E-state index contributed by atoms with van der Waals surface area (Å²) in [6.45, 7) is -0.143. The van der Waals surface area contributed by atoms with Crippen molar-refractivity contribution in [2.24, 2.45) is 0 Å². The Hall–Kier alpha value is -1.89. The summed E-state index contributed by atoms with van der Waals surface area (Å²) in [5.41, 5.74) is 3.36. The van der Waals surface area contributed by atoms with E-state index in [9.17, 15) is 0 Å². The molecule has 1 N–H and O–H groups in total. The Morgan fingerprint density at radius 2 is 1.81 bits per heavy atom. The van der Waals surface area contributed by atoms with Gasteiger partial charge in [0.15, 0.2) is 0 Å². The fourth-order valence-electron chi connectivity index (χ4n) is 1.94. The van der Waals surface area contributed by atoms with E-state index in [0.717, 1.165) is 22.8 Å². The number of benzene rings is 2. The van der Waals surface area contributed by atoms with E-state index in [2.05, 4.69) is 42.2 Å². The summed E-state index contributed by atoms with van der Waals surface area (Å²) in [6, 6.07) is 16.4. The van der Waals surface area contributed by atoms with E-state index in [4.69, 9.17) is 9.84 Å². The van der Waals surface area contributed by atoms with Gasteiger partial charge in [0.1, 0.15) is 12.4 Å². The summed E-state index contributed by atoms with van der Waals surface area (Å²) < 4.78 is 5.28. The van der Waals surface area contributed by atoms with Crippen LogP contribution in [0.25, 0.3) is 0 Å². The lowest BCUT2D eigenvalue weighted by molar-refractivity contribution is 0.350. The van der Waals surface area contributed by atoms with Crippen LogP contribution in [0.1, 0.15) is 16.7 Å². The third kappa shape index (κ3) is 4.86. The zero-order valence-corrected chi connectivity index (χ0v) is 12.8. The van der Waals surface area contributed by atoms with Crippen LogP contribution in [0.5, 0.6) is 5.75 Å². The van der Waals surface area contributed by atoms with Crippen molar-refractivity contribution < 1.29 is 9.84 Å². The lowest BCUT2D eigenvalue weighted by Crippen LogP contribution is -1.91. The quantitative estimate of drug-likeness (QED) is 0.857. The maximum Gasteiger partial charge on any atom is 0.134 e. The van der Waals surface area contributed by atoms with E-state index in [-0.39, 0.29) is 6.61 Å². The molecule has 0 fully saturated rings. The van der Waals surface area contributed by atoms with Crippen molar-refractivity contribution in [1.82, 2.24) is 0 Å². The number of aliphatic hydroxyl groups excluding tert-OH is 1. The largest absolute Gasteiger partial charge is 0.495 e. The first-order valence-electron chi connectivity index (χ1n) is 6.72. The molecule has 21 heavy (non-hydrogen) atoms. The van der Waals surface area contributed by atoms with Crippen LogP contribution in [0.15, 0.2) is 48.5 Å². The van der Waals surface area contributed by atoms with Crippen LogP contribution in [0.2, 0.25) is 0 Å². The molecule has 0 spiro atoms. The van der Waals surface area contributed by atoms with Gasteiger partial charge < -0.3 is 9.84 Å². The lowest BCUT2D eigenvalue weighted by atomic mass is 10.1. The monoisotopic (exact) mass is 298 g/mol. The Balaban J connectivity index is 2.00. The van der Waals surface area contributed by atoms with Gasteiger partial charge in [0.05, 0.1) is 12.7 Å². The number of thioether (sulfide) groups is 1. The molecule has 0 bridgehead atoms. The predicted octanol–water partition coefficient (Wildman–Crippen LogP) is 3.47. The first-order chi connectivity index (χ1) is 10.3. The van der Waals surface area contributed by atoms with Crippen molar-refractivity contribution in [3.8, 4) is 17.6 Å². The third-order valence-corrected chi connectivity index (χ3v) is 4.02. The highest BCUT2D eigenvalue weighted by atomic mass is 32.2. The van der Waals surface area contributed by atoms with Crippen LogP contribution < -0.4 is 4.74 Å². The second kappa shape index (κ2) is 8.41. The Bertz CT molecular complexity index is 627. The van der Waals surface area contributed by atoms with Gasteiger partial charge in [0.2, 0.25) is 0 Å². The van der Waals surface area contributed by atoms with Crippen molar-refractivity contribution in [3.05, 3.63) is 65.2 Å². The Morgan fingerprint density at radius 3 is 2.52 bits per heavy atom. The van der Waals surface area contributed by atoms with Crippen LogP contribution >= 0.6 is 11.8 Å². The molecule has 2 rings (SSSR count). The Labute approximate surface area is 130 Å². The molecular formula is C18H18O2S. The van der Waals surface area contributed by atoms with Crippen molar-refractivity contribution in [2.45, 2.75) is 11.5 Å². The highest BCUT2D eigenvalue weighted by Crippen LogP contribution is 2.23. The zero-order chi connectivity index (χ0) is 14.9. The molecule has 0 heterocycles. The number of ether oxygens (including phenoxy) is 1.